The van der Waals surface area contributed by atoms with Gasteiger partial charge in [0.15, 0.2) is 0 Å². The normalized spacial score (nSPS) is 8.45. The standard InChI is InChI=1S/C9H12.CH5N.H2/c1-7-4-5-8(2)9(3)6-7;1-2;/h4-6H,1-3H3;2H2,1H3;1H. The van der Waals surface area contributed by atoms with Gasteiger partial charge in [0.1, 0.15) is 0 Å². The average molecular weight is 153 g/mol. The smallest absolute Gasteiger partial charge is 0 e. The molecule has 0 spiro atoms. The fraction of sp³-hybridized carbons (Fsp3) is 0.400. The molecule has 1 heteroatoms. The molecule has 2 N–H and O–H groups in total. The van der Waals surface area contributed by atoms with E-state index in [-0.39, 0.29) is 1.43 Å². The van der Waals surface area contributed by atoms with Gasteiger partial charge < -0.3 is 5.73 Å². The van der Waals surface area contributed by atoms with Crippen molar-refractivity contribution < 1.29 is 1.43 Å². The summed E-state index contributed by atoms with van der Waals surface area (Å²) in [6, 6.07) is 6.50. The Morgan fingerprint density at radius 2 is 1.55 bits per heavy atom. The van der Waals surface area contributed by atoms with Crippen LogP contribution in [0.25, 0.3) is 0 Å². The SMILES string of the molecule is CN.Cc1ccc(C)c(C)c1.[HH]. The summed E-state index contributed by atoms with van der Waals surface area (Å²) in [6.07, 6.45) is 0. The molecule has 0 radical (unpaired) electrons. The van der Waals surface area contributed by atoms with Crippen molar-refractivity contribution in [1.29, 1.82) is 0 Å². The molecule has 1 nitrogen and oxygen atoms in total. The largest absolute Gasteiger partial charge is 0.333 e. The molecule has 0 atom stereocenters. The van der Waals surface area contributed by atoms with Crippen LogP contribution in [0.3, 0.4) is 0 Å². The maximum atomic E-state index is 4.50. The summed E-state index contributed by atoms with van der Waals surface area (Å²) in [5, 5.41) is 0. The molecule has 1 aromatic rings. The van der Waals surface area contributed by atoms with Crippen LogP contribution in [0.5, 0.6) is 0 Å². The van der Waals surface area contributed by atoms with Gasteiger partial charge in [-0.05, 0) is 38.9 Å². The molecule has 0 amide bonds. The Balaban J connectivity index is 0. The summed E-state index contributed by atoms with van der Waals surface area (Å²) in [6.45, 7) is 6.39. The van der Waals surface area contributed by atoms with Gasteiger partial charge in [0.25, 0.3) is 0 Å². The maximum absolute atomic E-state index is 4.50. The number of rotatable bonds is 0. The minimum atomic E-state index is 0. The van der Waals surface area contributed by atoms with Crippen LogP contribution >= 0.6 is 0 Å². The summed E-state index contributed by atoms with van der Waals surface area (Å²) in [5.74, 6) is 0. The van der Waals surface area contributed by atoms with Gasteiger partial charge in [-0.2, -0.15) is 0 Å². The molecule has 0 saturated carbocycles. The summed E-state index contributed by atoms with van der Waals surface area (Å²) >= 11 is 0. The zero-order chi connectivity index (χ0) is 8.85. The molecule has 0 unspecified atom stereocenters. The highest BCUT2D eigenvalue weighted by atomic mass is 14.4. The zero-order valence-corrected chi connectivity index (χ0v) is 7.81. The molecule has 1 rings (SSSR count). The first-order valence-corrected chi connectivity index (χ1v) is 3.82. The number of hydrogen-bond acceptors (Lipinski definition) is 1. The summed E-state index contributed by atoms with van der Waals surface area (Å²) in [7, 11) is 1.50. The highest BCUT2D eigenvalue weighted by Gasteiger charge is 1.89. The molecule has 0 aliphatic carbocycles. The first kappa shape index (κ1) is 10.2. The van der Waals surface area contributed by atoms with E-state index in [9.17, 15) is 0 Å². The van der Waals surface area contributed by atoms with Crippen molar-refractivity contribution in [3.63, 3.8) is 0 Å². The van der Waals surface area contributed by atoms with Crippen LogP contribution < -0.4 is 5.73 Å². The van der Waals surface area contributed by atoms with Crippen LogP contribution in [0.1, 0.15) is 18.1 Å². The lowest BCUT2D eigenvalue weighted by atomic mass is 10.1. The van der Waals surface area contributed by atoms with E-state index >= 15 is 0 Å². The molecule has 0 aliphatic heterocycles. The van der Waals surface area contributed by atoms with E-state index in [0.717, 1.165) is 0 Å². The Labute approximate surface area is 70.7 Å². The van der Waals surface area contributed by atoms with Crippen LogP contribution in [0, 0.1) is 20.8 Å². The predicted octanol–water partition coefficient (Wildman–Crippen LogP) is 2.43. The molecule has 11 heavy (non-hydrogen) atoms. The molecular weight excluding hydrogens is 134 g/mol. The minimum Gasteiger partial charge on any atom is -0.333 e. The van der Waals surface area contributed by atoms with E-state index in [2.05, 4.69) is 44.7 Å². The molecule has 0 saturated heterocycles. The van der Waals surface area contributed by atoms with Crippen molar-refractivity contribution in [2.45, 2.75) is 20.8 Å². The summed E-state index contributed by atoms with van der Waals surface area (Å²) in [4.78, 5) is 0. The second-order valence-corrected chi connectivity index (χ2v) is 2.59. The van der Waals surface area contributed by atoms with Crippen LogP contribution in [0.15, 0.2) is 18.2 Å². The van der Waals surface area contributed by atoms with Crippen LogP contribution in [0.4, 0.5) is 0 Å². The van der Waals surface area contributed by atoms with Gasteiger partial charge in [0.05, 0.1) is 0 Å². The monoisotopic (exact) mass is 153 g/mol. The fourth-order valence-electron chi connectivity index (χ4n) is 0.891. The number of benzene rings is 1. The Morgan fingerprint density at radius 3 is 1.91 bits per heavy atom. The van der Waals surface area contributed by atoms with Crippen molar-refractivity contribution in [1.82, 2.24) is 0 Å². The van der Waals surface area contributed by atoms with Crippen molar-refractivity contribution in [3.05, 3.63) is 34.9 Å². The molecule has 64 valence electrons. The minimum absolute atomic E-state index is 0. The van der Waals surface area contributed by atoms with E-state index in [0.29, 0.717) is 0 Å². The van der Waals surface area contributed by atoms with Crippen molar-refractivity contribution >= 4 is 0 Å². The second kappa shape index (κ2) is 4.91. The molecule has 1 aromatic carbocycles. The van der Waals surface area contributed by atoms with Crippen molar-refractivity contribution in [2.75, 3.05) is 7.05 Å². The molecular formula is C10H19N. The summed E-state index contributed by atoms with van der Waals surface area (Å²) in [5.41, 5.74) is 8.61. The van der Waals surface area contributed by atoms with Gasteiger partial charge in [-0.25, -0.2) is 0 Å². The van der Waals surface area contributed by atoms with Gasteiger partial charge in [-0.15, -0.1) is 0 Å². The molecule has 0 fully saturated rings. The molecule has 0 heterocycles. The lowest BCUT2D eigenvalue weighted by Gasteiger charge is -1.98. The Kier molecular flexibility index (Phi) is 4.55. The zero-order valence-electron chi connectivity index (χ0n) is 7.81. The van der Waals surface area contributed by atoms with E-state index in [1.165, 1.54) is 23.7 Å². The fourth-order valence-corrected chi connectivity index (χ4v) is 0.891. The van der Waals surface area contributed by atoms with E-state index in [4.69, 9.17) is 0 Å². The van der Waals surface area contributed by atoms with Crippen molar-refractivity contribution in [3.8, 4) is 0 Å². The first-order valence-electron chi connectivity index (χ1n) is 3.82. The van der Waals surface area contributed by atoms with E-state index in [1.54, 1.807) is 0 Å². The van der Waals surface area contributed by atoms with Gasteiger partial charge in [0, 0.05) is 1.43 Å². The maximum Gasteiger partial charge on any atom is 0 e. The number of aryl methyl sites for hydroxylation is 3. The van der Waals surface area contributed by atoms with Gasteiger partial charge in [-0.3, -0.25) is 0 Å². The van der Waals surface area contributed by atoms with Crippen LogP contribution in [0.2, 0.25) is 0 Å². The Hall–Kier alpha value is -0.820. The second-order valence-electron chi connectivity index (χ2n) is 2.59. The third-order valence-electron chi connectivity index (χ3n) is 1.66. The average Bonchev–Trinajstić information content (AvgIpc) is 2.02. The van der Waals surface area contributed by atoms with Crippen LogP contribution in [-0.4, -0.2) is 7.05 Å². The summed E-state index contributed by atoms with van der Waals surface area (Å²) < 4.78 is 0. The molecule has 0 aliphatic rings. The highest BCUT2D eigenvalue weighted by molar-refractivity contribution is 5.28. The third-order valence-corrected chi connectivity index (χ3v) is 1.66. The predicted molar refractivity (Wildman–Crippen MR) is 52.9 cm³/mol. The third kappa shape index (κ3) is 3.19. The highest BCUT2D eigenvalue weighted by Crippen LogP contribution is 2.07. The quantitative estimate of drug-likeness (QED) is 0.608. The topological polar surface area (TPSA) is 26.0 Å². The number of hydrogen-bond donors (Lipinski definition) is 1. The Morgan fingerprint density at radius 1 is 1.00 bits per heavy atom. The van der Waals surface area contributed by atoms with Gasteiger partial charge in [-0.1, -0.05) is 23.8 Å². The molecule has 0 bridgehead atoms. The van der Waals surface area contributed by atoms with Gasteiger partial charge >= 0.3 is 0 Å². The number of nitrogens with two attached hydrogens (primary N) is 1. The Bertz CT molecular complexity index is 221. The lowest BCUT2D eigenvalue weighted by molar-refractivity contribution is 1.30. The van der Waals surface area contributed by atoms with Crippen LogP contribution in [-0.2, 0) is 0 Å². The van der Waals surface area contributed by atoms with Crippen molar-refractivity contribution in [2.24, 2.45) is 5.73 Å². The molecule has 0 aromatic heterocycles. The van der Waals surface area contributed by atoms with Gasteiger partial charge in [0.2, 0.25) is 0 Å². The first-order chi connectivity index (χ1) is 5.20. The van der Waals surface area contributed by atoms with E-state index < -0.39 is 0 Å². The lowest BCUT2D eigenvalue weighted by Crippen LogP contribution is -1.79. The van der Waals surface area contributed by atoms with E-state index in [1.807, 2.05) is 0 Å².